The smallest absolute Gasteiger partial charge is 0.310 e. The number of carbonyl (C=O) groups excluding carboxylic acids is 3. The van der Waals surface area contributed by atoms with Gasteiger partial charge in [0, 0.05) is 12.8 Å². The molecule has 0 saturated carbocycles. The Bertz CT molecular complexity index is 1340. The molecule has 6 heteroatoms. The molecule has 0 rings (SSSR count). The Hall–Kier alpha value is -3.93. The summed E-state index contributed by atoms with van der Waals surface area (Å²) in [5.41, 5.74) is 0. The lowest BCUT2D eigenvalue weighted by Crippen LogP contribution is -2.30. The highest BCUT2D eigenvalue weighted by atomic mass is 16.6. The fourth-order valence-corrected chi connectivity index (χ4v) is 6.63. The van der Waals surface area contributed by atoms with E-state index in [-0.39, 0.29) is 31.6 Å². The second-order valence-electron chi connectivity index (χ2n) is 16.7. The van der Waals surface area contributed by atoms with Crippen molar-refractivity contribution in [2.45, 2.75) is 226 Å². The Kier molecular flexibility index (Phi) is 48.5. The zero-order valence-corrected chi connectivity index (χ0v) is 41.3. The minimum Gasteiger partial charge on any atom is -0.462 e. The largest absolute Gasteiger partial charge is 0.462 e. The van der Waals surface area contributed by atoms with E-state index in [1.54, 1.807) is 6.08 Å². The van der Waals surface area contributed by atoms with Gasteiger partial charge in [-0.05, 0) is 109 Å². The topological polar surface area (TPSA) is 78.9 Å². The molecule has 362 valence electrons. The summed E-state index contributed by atoms with van der Waals surface area (Å²) in [6, 6.07) is 0. The number of esters is 3. The number of carbonyl (C=O) groups is 3. The Morgan fingerprint density at radius 1 is 0.344 bits per heavy atom. The first-order valence-corrected chi connectivity index (χ1v) is 25.9. The SMILES string of the molecule is CC/C=C\C/C=C\C/C=C\C/C=C\C/C=C\CC(=O)OC(COC(=O)CCCCCCC/C=C\C/C=C\CCCCC)COC(=O)CCCCCCC/C=C\C/C=C\CCCCCC. The third-order valence-electron chi connectivity index (χ3n) is 10.5. The number of allylic oxidation sites excluding steroid dienone is 17. The number of hydrogen-bond acceptors (Lipinski definition) is 6. The molecule has 0 heterocycles. The van der Waals surface area contributed by atoms with Crippen LogP contribution in [0.2, 0.25) is 0 Å². The third-order valence-corrected chi connectivity index (χ3v) is 10.5. The number of unbranched alkanes of at least 4 members (excludes halogenated alkanes) is 17. The third kappa shape index (κ3) is 49.1. The van der Waals surface area contributed by atoms with Crippen LogP contribution in [0.3, 0.4) is 0 Å². The van der Waals surface area contributed by atoms with Crippen molar-refractivity contribution in [3.63, 3.8) is 0 Å². The van der Waals surface area contributed by atoms with Crippen molar-refractivity contribution in [3.05, 3.63) is 109 Å². The van der Waals surface area contributed by atoms with Crippen LogP contribution in [0.4, 0.5) is 0 Å². The van der Waals surface area contributed by atoms with Crippen LogP contribution in [-0.4, -0.2) is 37.2 Å². The van der Waals surface area contributed by atoms with Gasteiger partial charge in [0.05, 0.1) is 6.42 Å². The molecule has 0 spiro atoms. The van der Waals surface area contributed by atoms with Crippen LogP contribution < -0.4 is 0 Å². The lowest BCUT2D eigenvalue weighted by molar-refractivity contribution is -0.166. The minimum atomic E-state index is -0.845. The average Bonchev–Trinajstić information content (AvgIpc) is 3.29. The molecule has 0 aromatic carbocycles. The molecule has 0 radical (unpaired) electrons. The molecule has 0 N–H and O–H groups in total. The summed E-state index contributed by atoms with van der Waals surface area (Å²) in [6.45, 7) is 6.36. The van der Waals surface area contributed by atoms with Gasteiger partial charge < -0.3 is 14.2 Å². The van der Waals surface area contributed by atoms with Gasteiger partial charge in [0.15, 0.2) is 6.10 Å². The van der Waals surface area contributed by atoms with Crippen molar-refractivity contribution in [2.75, 3.05) is 13.2 Å². The van der Waals surface area contributed by atoms with Crippen LogP contribution >= 0.6 is 0 Å². The number of rotatable bonds is 45. The number of hydrogen-bond donors (Lipinski definition) is 0. The maximum atomic E-state index is 12.7. The van der Waals surface area contributed by atoms with E-state index in [2.05, 4.69) is 118 Å². The maximum Gasteiger partial charge on any atom is 0.310 e. The molecule has 0 bridgehead atoms. The molecule has 0 aliphatic carbocycles. The van der Waals surface area contributed by atoms with Crippen LogP contribution in [0.15, 0.2) is 109 Å². The van der Waals surface area contributed by atoms with E-state index >= 15 is 0 Å². The highest BCUT2D eigenvalue weighted by Gasteiger charge is 2.19. The van der Waals surface area contributed by atoms with Crippen molar-refractivity contribution in [3.8, 4) is 0 Å². The van der Waals surface area contributed by atoms with Crippen molar-refractivity contribution in [1.82, 2.24) is 0 Å². The van der Waals surface area contributed by atoms with Gasteiger partial charge >= 0.3 is 17.9 Å². The Labute approximate surface area is 393 Å². The van der Waals surface area contributed by atoms with Gasteiger partial charge in [-0.25, -0.2) is 0 Å². The fourth-order valence-electron chi connectivity index (χ4n) is 6.63. The zero-order valence-electron chi connectivity index (χ0n) is 41.3. The standard InChI is InChI=1S/C58H94O6/c1-4-7-10-13-16-19-22-25-28-31-33-36-39-42-45-48-51-57(60)63-54-55(64-58(61)52-49-46-43-40-37-34-30-27-24-21-18-15-12-9-6-3)53-62-56(59)50-47-44-41-38-35-32-29-26-23-20-17-14-11-8-5-2/h9,12,17-22,26-31,37,40,46,49,55H,4-8,10-11,13-16,23-25,32-36,38-39,41-45,47-48,50-54H2,1-3H3/b12-9-,20-17-,21-18-,22-19-,29-26-,30-27-,31-28-,40-37-,49-46-. The summed E-state index contributed by atoms with van der Waals surface area (Å²) in [5, 5.41) is 0. The molecule has 0 amide bonds. The van der Waals surface area contributed by atoms with E-state index in [1.165, 1.54) is 57.8 Å². The summed E-state index contributed by atoms with van der Waals surface area (Å²) in [5.74, 6) is -1.09. The highest BCUT2D eigenvalue weighted by Crippen LogP contribution is 2.12. The van der Waals surface area contributed by atoms with Crippen molar-refractivity contribution in [2.24, 2.45) is 0 Å². The normalized spacial score (nSPS) is 13.0. The highest BCUT2D eigenvalue weighted by molar-refractivity contribution is 5.72. The summed E-state index contributed by atoms with van der Waals surface area (Å²) in [7, 11) is 0. The predicted molar refractivity (Wildman–Crippen MR) is 274 cm³/mol. The lowest BCUT2D eigenvalue weighted by Gasteiger charge is -2.18. The molecular formula is C58H94O6. The second-order valence-corrected chi connectivity index (χ2v) is 16.7. The first kappa shape index (κ1) is 60.1. The van der Waals surface area contributed by atoms with Crippen LogP contribution in [0.5, 0.6) is 0 Å². The molecule has 0 fully saturated rings. The van der Waals surface area contributed by atoms with Crippen molar-refractivity contribution < 1.29 is 28.6 Å². The predicted octanol–water partition coefficient (Wildman–Crippen LogP) is 17.1. The van der Waals surface area contributed by atoms with Gasteiger partial charge in [-0.1, -0.05) is 201 Å². The molecule has 6 nitrogen and oxygen atoms in total. The van der Waals surface area contributed by atoms with E-state index < -0.39 is 12.1 Å². The molecule has 0 saturated heterocycles. The molecule has 1 atom stereocenters. The fraction of sp³-hybridized carbons (Fsp3) is 0.638. The number of ether oxygens (including phenoxy) is 3. The summed E-state index contributed by atoms with van der Waals surface area (Å²) in [6.07, 6.45) is 69.5. The molecular weight excluding hydrogens is 793 g/mol. The van der Waals surface area contributed by atoms with Crippen LogP contribution in [0.25, 0.3) is 0 Å². The Morgan fingerprint density at radius 2 is 0.656 bits per heavy atom. The first-order valence-electron chi connectivity index (χ1n) is 25.9. The quantitative estimate of drug-likeness (QED) is 0.0262. The van der Waals surface area contributed by atoms with E-state index in [1.807, 2.05) is 6.08 Å². The molecule has 64 heavy (non-hydrogen) atoms. The minimum absolute atomic E-state index is 0.0872. The molecule has 1 unspecified atom stereocenters. The van der Waals surface area contributed by atoms with Gasteiger partial charge in [-0.2, -0.15) is 0 Å². The monoisotopic (exact) mass is 887 g/mol. The van der Waals surface area contributed by atoms with Gasteiger partial charge in [0.1, 0.15) is 13.2 Å². The van der Waals surface area contributed by atoms with Gasteiger partial charge in [-0.15, -0.1) is 0 Å². The van der Waals surface area contributed by atoms with Crippen LogP contribution in [-0.2, 0) is 28.6 Å². The van der Waals surface area contributed by atoms with E-state index in [0.717, 1.165) is 116 Å². The van der Waals surface area contributed by atoms with Crippen LogP contribution in [0.1, 0.15) is 220 Å². The van der Waals surface area contributed by atoms with Gasteiger partial charge in [-0.3, -0.25) is 14.4 Å². The summed E-state index contributed by atoms with van der Waals surface area (Å²) in [4.78, 5) is 37.9. The molecule has 0 aliphatic rings. The molecule has 0 aliphatic heterocycles. The maximum absolute atomic E-state index is 12.7. The summed E-state index contributed by atoms with van der Waals surface area (Å²) < 4.78 is 16.7. The lowest BCUT2D eigenvalue weighted by atomic mass is 10.1. The zero-order chi connectivity index (χ0) is 46.5. The van der Waals surface area contributed by atoms with Crippen molar-refractivity contribution in [1.29, 1.82) is 0 Å². The van der Waals surface area contributed by atoms with Gasteiger partial charge in [0.25, 0.3) is 0 Å². The Balaban J connectivity index is 4.57. The average molecular weight is 887 g/mol. The van der Waals surface area contributed by atoms with E-state index in [4.69, 9.17) is 14.2 Å². The van der Waals surface area contributed by atoms with Gasteiger partial charge in [0.2, 0.25) is 0 Å². The summed E-state index contributed by atoms with van der Waals surface area (Å²) >= 11 is 0. The first-order chi connectivity index (χ1) is 31.5. The second kappa shape index (κ2) is 51.7. The Morgan fingerprint density at radius 3 is 1.06 bits per heavy atom. The van der Waals surface area contributed by atoms with Crippen molar-refractivity contribution >= 4 is 17.9 Å². The van der Waals surface area contributed by atoms with Crippen LogP contribution in [0, 0.1) is 0 Å². The molecule has 0 aromatic rings. The molecule has 0 aromatic heterocycles. The van der Waals surface area contributed by atoms with E-state index in [9.17, 15) is 14.4 Å². The van der Waals surface area contributed by atoms with E-state index in [0.29, 0.717) is 19.3 Å².